The molecule has 0 bridgehead atoms. The SMILES string of the molecule is CCCC(C)(CO)NC1CCCC(C)(C)C1. The molecule has 0 spiro atoms. The number of aliphatic hydroxyl groups is 1. The summed E-state index contributed by atoms with van der Waals surface area (Å²) in [6.45, 7) is 9.30. The van der Waals surface area contributed by atoms with Crippen molar-refractivity contribution in [3.05, 3.63) is 0 Å². The second-order valence-corrected chi connectivity index (χ2v) is 6.57. The summed E-state index contributed by atoms with van der Waals surface area (Å²) in [7, 11) is 0. The van der Waals surface area contributed by atoms with E-state index in [-0.39, 0.29) is 12.1 Å². The van der Waals surface area contributed by atoms with Crippen LogP contribution >= 0.6 is 0 Å². The van der Waals surface area contributed by atoms with Gasteiger partial charge in [-0.2, -0.15) is 0 Å². The van der Waals surface area contributed by atoms with Gasteiger partial charge in [0.1, 0.15) is 0 Å². The van der Waals surface area contributed by atoms with Gasteiger partial charge in [0, 0.05) is 11.6 Å². The van der Waals surface area contributed by atoms with E-state index in [9.17, 15) is 5.11 Å². The number of hydrogen-bond acceptors (Lipinski definition) is 2. The van der Waals surface area contributed by atoms with Gasteiger partial charge < -0.3 is 10.4 Å². The molecule has 2 nitrogen and oxygen atoms in total. The molecule has 0 saturated heterocycles. The van der Waals surface area contributed by atoms with Gasteiger partial charge in [-0.3, -0.25) is 0 Å². The molecule has 1 fully saturated rings. The third-order valence-electron chi connectivity index (χ3n) is 3.91. The zero-order chi connectivity index (χ0) is 12.2. The summed E-state index contributed by atoms with van der Waals surface area (Å²) in [6, 6.07) is 0.590. The molecule has 1 aliphatic carbocycles. The minimum absolute atomic E-state index is 0.0766. The molecule has 0 aliphatic heterocycles. The zero-order valence-electron chi connectivity index (χ0n) is 11.5. The molecule has 96 valence electrons. The lowest BCUT2D eigenvalue weighted by molar-refractivity contribution is 0.116. The molecular formula is C14H29NO. The molecule has 1 rings (SSSR count). The topological polar surface area (TPSA) is 32.3 Å². The Hall–Kier alpha value is -0.0800. The highest BCUT2D eigenvalue weighted by molar-refractivity contribution is 4.90. The van der Waals surface area contributed by atoms with E-state index in [2.05, 4.69) is 33.0 Å². The average Bonchev–Trinajstić information content (AvgIpc) is 2.16. The number of nitrogens with one attached hydrogen (secondary N) is 1. The van der Waals surface area contributed by atoms with Crippen molar-refractivity contribution in [2.45, 2.75) is 77.8 Å². The first-order chi connectivity index (χ1) is 7.41. The maximum atomic E-state index is 9.51. The molecule has 1 saturated carbocycles. The maximum absolute atomic E-state index is 9.51. The smallest absolute Gasteiger partial charge is 0.0610 e. The summed E-state index contributed by atoms with van der Waals surface area (Å²) in [5.41, 5.74) is 0.394. The summed E-state index contributed by atoms with van der Waals surface area (Å²) in [5.74, 6) is 0. The second-order valence-electron chi connectivity index (χ2n) is 6.57. The van der Waals surface area contributed by atoms with Gasteiger partial charge in [-0.15, -0.1) is 0 Å². The maximum Gasteiger partial charge on any atom is 0.0610 e. The normalized spacial score (nSPS) is 28.7. The van der Waals surface area contributed by atoms with Gasteiger partial charge in [-0.1, -0.05) is 33.6 Å². The van der Waals surface area contributed by atoms with Crippen LogP contribution in [-0.4, -0.2) is 23.3 Å². The van der Waals surface area contributed by atoms with Gasteiger partial charge in [0.05, 0.1) is 6.61 Å². The fraction of sp³-hybridized carbons (Fsp3) is 1.00. The molecule has 2 unspecified atom stereocenters. The van der Waals surface area contributed by atoms with Crippen molar-refractivity contribution in [2.24, 2.45) is 5.41 Å². The van der Waals surface area contributed by atoms with E-state index in [4.69, 9.17) is 0 Å². The molecular weight excluding hydrogens is 198 g/mol. The summed E-state index contributed by atoms with van der Waals surface area (Å²) in [5, 5.41) is 13.2. The highest BCUT2D eigenvalue weighted by Crippen LogP contribution is 2.36. The van der Waals surface area contributed by atoms with Crippen molar-refractivity contribution < 1.29 is 5.11 Å². The summed E-state index contributed by atoms with van der Waals surface area (Å²) in [4.78, 5) is 0. The third kappa shape index (κ3) is 4.06. The molecule has 0 heterocycles. The van der Waals surface area contributed by atoms with E-state index >= 15 is 0 Å². The molecule has 1 aliphatic rings. The van der Waals surface area contributed by atoms with Gasteiger partial charge in [0.15, 0.2) is 0 Å². The molecule has 2 N–H and O–H groups in total. The van der Waals surface area contributed by atoms with Crippen LogP contribution in [0.25, 0.3) is 0 Å². The molecule has 2 atom stereocenters. The Balaban J connectivity index is 2.51. The predicted molar refractivity (Wildman–Crippen MR) is 69.6 cm³/mol. The van der Waals surface area contributed by atoms with Crippen molar-refractivity contribution in [2.75, 3.05) is 6.61 Å². The van der Waals surface area contributed by atoms with Crippen LogP contribution in [-0.2, 0) is 0 Å². The quantitative estimate of drug-likeness (QED) is 0.756. The molecule has 0 aromatic heterocycles. The van der Waals surface area contributed by atoms with E-state index in [0.29, 0.717) is 11.5 Å². The molecule has 2 heteroatoms. The Kier molecular flexibility index (Phi) is 4.81. The van der Waals surface area contributed by atoms with Crippen LogP contribution < -0.4 is 5.32 Å². The van der Waals surface area contributed by atoms with Crippen LogP contribution in [0.5, 0.6) is 0 Å². The van der Waals surface area contributed by atoms with Crippen molar-refractivity contribution >= 4 is 0 Å². The zero-order valence-corrected chi connectivity index (χ0v) is 11.5. The summed E-state index contributed by atoms with van der Waals surface area (Å²) in [6.07, 6.45) is 7.35. The van der Waals surface area contributed by atoms with Crippen molar-refractivity contribution in [3.63, 3.8) is 0 Å². The predicted octanol–water partition coefficient (Wildman–Crippen LogP) is 3.10. The van der Waals surface area contributed by atoms with Crippen molar-refractivity contribution in [1.82, 2.24) is 5.32 Å². The van der Waals surface area contributed by atoms with Gasteiger partial charge >= 0.3 is 0 Å². The van der Waals surface area contributed by atoms with Gasteiger partial charge in [-0.05, 0) is 38.0 Å². The van der Waals surface area contributed by atoms with Crippen LogP contribution in [0.3, 0.4) is 0 Å². The first kappa shape index (κ1) is 14.0. The Morgan fingerprint density at radius 3 is 2.62 bits per heavy atom. The number of rotatable bonds is 5. The van der Waals surface area contributed by atoms with Crippen molar-refractivity contribution in [1.29, 1.82) is 0 Å². The van der Waals surface area contributed by atoms with E-state index < -0.39 is 0 Å². The summed E-state index contributed by atoms with van der Waals surface area (Å²) >= 11 is 0. The fourth-order valence-electron chi connectivity index (χ4n) is 3.06. The lowest BCUT2D eigenvalue weighted by Gasteiger charge is -2.41. The van der Waals surface area contributed by atoms with Gasteiger partial charge in [0.25, 0.3) is 0 Å². The average molecular weight is 227 g/mol. The van der Waals surface area contributed by atoms with Crippen LogP contribution in [0, 0.1) is 5.41 Å². The lowest BCUT2D eigenvalue weighted by Crippen LogP contribution is -2.52. The van der Waals surface area contributed by atoms with Crippen LogP contribution in [0.15, 0.2) is 0 Å². The third-order valence-corrected chi connectivity index (χ3v) is 3.91. The van der Waals surface area contributed by atoms with E-state index in [1.165, 1.54) is 25.7 Å². The second kappa shape index (κ2) is 5.50. The highest BCUT2D eigenvalue weighted by atomic mass is 16.3. The minimum Gasteiger partial charge on any atom is -0.394 e. The lowest BCUT2D eigenvalue weighted by atomic mass is 9.74. The first-order valence-corrected chi connectivity index (χ1v) is 6.79. The van der Waals surface area contributed by atoms with Crippen molar-refractivity contribution in [3.8, 4) is 0 Å². The Morgan fingerprint density at radius 1 is 1.44 bits per heavy atom. The molecule has 0 aromatic carbocycles. The molecule has 0 aromatic rings. The van der Waals surface area contributed by atoms with Gasteiger partial charge in [-0.25, -0.2) is 0 Å². The van der Waals surface area contributed by atoms with E-state index in [1.807, 2.05) is 0 Å². The Morgan fingerprint density at radius 2 is 2.12 bits per heavy atom. The Bertz CT molecular complexity index is 215. The molecule has 0 radical (unpaired) electrons. The number of hydrogen-bond donors (Lipinski definition) is 2. The van der Waals surface area contributed by atoms with E-state index in [1.54, 1.807) is 0 Å². The molecule has 16 heavy (non-hydrogen) atoms. The van der Waals surface area contributed by atoms with Gasteiger partial charge in [0.2, 0.25) is 0 Å². The van der Waals surface area contributed by atoms with Crippen LogP contribution in [0.1, 0.15) is 66.2 Å². The van der Waals surface area contributed by atoms with Crippen LogP contribution in [0.4, 0.5) is 0 Å². The largest absolute Gasteiger partial charge is 0.394 e. The molecule has 0 amide bonds. The standard InChI is InChI=1S/C14H29NO/c1-5-8-14(4,11-16)15-12-7-6-9-13(2,3)10-12/h12,15-16H,5-11H2,1-4H3. The number of aliphatic hydroxyl groups excluding tert-OH is 1. The van der Waals surface area contributed by atoms with Crippen LogP contribution in [0.2, 0.25) is 0 Å². The fourth-order valence-corrected chi connectivity index (χ4v) is 3.06. The Labute approximate surface area is 101 Å². The minimum atomic E-state index is -0.0766. The summed E-state index contributed by atoms with van der Waals surface area (Å²) < 4.78 is 0. The van der Waals surface area contributed by atoms with E-state index in [0.717, 1.165) is 12.8 Å². The monoisotopic (exact) mass is 227 g/mol. The highest BCUT2D eigenvalue weighted by Gasteiger charge is 2.32. The first-order valence-electron chi connectivity index (χ1n) is 6.79.